The highest BCUT2D eigenvalue weighted by Crippen LogP contribution is 2.28. The van der Waals surface area contributed by atoms with Gasteiger partial charge in [-0.25, -0.2) is 0 Å². The van der Waals surface area contributed by atoms with Crippen LogP contribution in [-0.2, 0) is 28.5 Å². The van der Waals surface area contributed by atoms with Gasteiger partial charge in [0, 0.05) is 19.4 Å². The molecule has 1 unspecified atom stereocenters. The van der Waals surface area contributed by atoms with Crippen molar-refractivity contribution in [1.82, 2.24) is 0 Å². The fourth-order valence-corrected chi connectivity index (χ4v) is 7.30. The number of hydrogen-bond acceptors (Lipinski definition) is 8. The second-order valence-electron chi connectivity index (χ2n) is 15.5. The van der Waals surface area contributed by atoms with Crippen molar-refractivity contribution >= 4 is 11.9 Å². The molecule has 8 heteroatoms. The summed E-state index contributed by atoms with van der Waals surface area (Å²) in [5.41, 5.74) is 0. The highest BCUT2D eigenvalue weighted by molar-refractivity contribution is 5.70. The third-order valence-corrected chi connectivity index (χ3v) is 10.6. The van der Waals surface area contributed by atoms with E-state index in [1.54, 1.807) is 6.92 Å². The van der Waals surface area contributed by atoms with Gasteiger partial charge in [0.25, 0.3) is 0 Å². The second-order valence-corrected chi connectivity index (χ2v) is 15.5. The molecule has 1 heterocycles. The smallest absolute Gasteiger partial charge is 0.306 e. The maximum absolute atomic E-state index is 12.9. The summed E-state index contributed by atoms with van der Waals surface area (Å²) in [5, 5.41) is 20.8. The molecular weight excluding hydrogens is 656 g/mol. The van der Waals surface area contributed by atoms with E-state index in [2.05, 4.69) is 13.8 Å². The van der Waals surface area contributed by atoms with E-state index < -0.39 is 49.3 Å². The van der Waals surface area contributed by atoms with Gasteiger partial charge in [-0.3, -0.25) is 9.59 Å². The first-order valence-electron chi connectivity index (χ1n) is 22.4. The zero-order valence-corrected chi connectivity index (χ0v) is 34.3. The molecule has 52 heavy (non-hydrogen) atoms. The number of carbonyl (C=O) groups is 2. The first kappa shape index (κ1) is 48.8. The normalized spacial score (nSPS) is 20.3. The molecule has 1 rings (SSSR count). The van der Waals surface area contributed by atoms with Crippen LogP contribution in [0.25, 0.3) is 0 Å². The van der Waals surface area contributed by atoms with Crippen LogP contribution in [0.1, 0.15) is 226 Å². The van der Waals surface area contributed by atoms with E-state index >= 15 is 0 Å². The van der Waals surface area contributed by atoms with E-state index in [4.69, 9.17) is 18.9 Å². The summed E-state index contributed by atoms with van der Waals surface area (Å²) in [7, 11) is 0. The van der Waals surface area contributed by atoms with Gasteiger partial charge in [-0.15, -0.1) is 0 Å². The second kappa shape index (κ2) is 35.5. The van der Waals surface area contributed by atoms with E-state index in [0.717, 1.165) is 32.1 Å². The van der Waals surface area contributed by atoms with Gasteiger partial charge in [0.1, 0.15) is 12.2 Å². The van der Waals surface area contributed by atoms with Gasteiger partial charge < -0.3 is 29.2 Å². The average Bonchev–Trinajstić information content (AvgIpc) is 3.14. The highest BCUT2D eigenvalue weighted by Gasteiger charge is 2.50. The molecule has 1 aliphatic rings. The molecule has 8 nitrogen and oxygen atoms in total. The molecule has 0 saturated carbocycles. The Morgan fingerprint density at radius 3 is 1.10 bits per heavy atom. The topological polar surface area (TPSA) is 112 Å². The zero-order valence-electron chi connectivity index (χ0n) is 34.3. The van der Waals surface area contributed by atoms with Gasteiger partial charge in [-0.2, -0.15) is 0 Å². The van der Waals surface area contributed by atoms with E-state index in [-0.39, 0.29) is 19.4 Å². The minimum atomic E-state index is -1.34. The molecule has 0 aromatic rings. The maximum atomic E-state index is 12.9. The fraction of sp³-hybridized carbons (Fsp3) is 0.955. The van der Waals surface area contributed by atoms with Crippen molar-refractivity contribution in [3.63, 3.8) is 0 Å². The van der Waals surface area contributed by atoms with Crippen molar-refractivity contribution < 1.29 is 38.7 Å². The number of aliphatic hydroxyl groups excluding tert-OH is 2. The van der Waals surface area contributed by atoms with E-state index in [0.29, 0.717) is 6.42 Å². The Balaban J connectivity index is 2.30. The van der Waals surface area contributed by atoms with Crippen LogP contribution in [0, 0.1) is 0 Å². The molecule has 2 N–H and O–H groups in total. The molecule has 1 fully saturated rings. The van der Waals surface area contributed by atoms with Crippen LogP contribution in [0.4, 0.5) is 0 Å². The van der Waals surface area contributed by atoms with Crippen LogP contribution < -0.4 is 0 Å². The Bertz CT molecular complexity index is 759. The van der Waals surface area contributed by atoms with Gasteiger partial charge in [0.2, 0.25) is 0 Å². The third kappa shape index (κ3) is 25.7. The number of rotatable bonds is 37. The summed E-state index contributed by atoms with van der Waals surface area (Å²) in [6.07, 6.45) is 32.2. The maximum Gasteiger partial charge on any atom is 0.306 e. The van der Waals surface area contributed by atoms with Crippen molar-refractivity contribution in [2.24, 2.45) is 0 Å². The zero-order chi connectivity index (χ0) is 37.9. The molecule has 5 atom stereocenters. The summed E-state index contributed by atoms with van der Waals surface area (Å²) < 4.78 is 23.0. The lowest BCUT2D eigenvalue weighted by atomic mass is 9.98. The van der Waals surface area contributed by atoms with Crippen LogP contribution >= 0.6 is 0 Å². The van der Waals surface area contributed by atoms with Crippen LogP contribution in [0.3, 0.4) is 0 Å². The molecule has 308 valence electrons. The Labute approximate surface area is 320 Å². The SMILES string of the molecule is CCCCCCCCCCCCCCCCCC(=O)O[C@H]1[C@H](O)[C@@H](CO)OC(OCC)[C@@H]1OC(=O)CCCCCCCCCCCCCCCCC. The lowest BCUT2D eigenvalue weighted by Gasteiger charge is -2.42. The summed E-state index contributed by atoms with van der Waals surface area (Å²) in [6, 6.07) is 0. The standard InChI is InChI=1S/C44H84O8/c1-4-7-9-11-13-15-17-19-21-23-25-27-29-31-33-35-39(46)51-42-41(48)38(37-45)50-44(49-6-3)43(42)52-40(47)36-34-32-30-28-26-24-22-20-18-16-14-12-10-8-5-2/h38,41-45,48H,4-37H2,1-3H3/t38-,41-,42+,43-,44?/m1/s1. The number of ether oxygens (including phenoxy) is 4. The summed E-state index contributed by atoms with van der Waals surface area (Å²) >= 11 is 0. The molecule has 0 bridgehead atoms. The number of carbonyl (C=O) groups excluding carboxylic acids is 2. The summed E-state index contributed by atoms with van der Waals surface area (Å²) in [6.45, 7) is 6.11. The van der Waals surface area contributed by atoms with Crippen molar-refractivity contribution in [3.8, 4) is 0 Å². The van der Waals surface area contributed by atoms with E-state index in [1.807, 2.05) is 0 Å². The number of hydrogen-bond donors (Lipinski definition) is 2. The molecule has 1 aliphatic heterocycles. The van der Waals surface area contributed by atoms with Crippen LogP contribution in [0.2, 0.25) is 0 Å². The van der Waals surface area contributed by atoms with Crippen LogP contribution in [0.5, 0.6) is 0 Å². The van der Waals surface area contributed by atoms with Crippen molar-refractivity contribution in [1.29, 1.82) is 0 Å². The Morgan fingerprint density at radius 1 is 0.481 bits per heavy atom. The third-order valence-electron chi connectivity index (χ3n) is 10.6. The number of esters is 2. The summed E-state index contributed by atoms with van der Waals surface area (Å²) in [4.78, 5) is 25.8. The largest absolute Gasteiger partial charge is 0.455 e. The van der Waals surface area contributed by atoms with Crippen molar-refractivity contribution in [2.75, 3.05) is 13.2 Å². The van der Waals surface area contributed by atoms with Crippen LogP contribution in [-0.4, -0.2) is 66.1 Å². The van der Waals surface area contributed by atoms with Crippen molar-refractivity contribution in [2.45, 2.75) is 257 Å². The van der Waals surface area contributed by atoms with Gasteiger partial charge in [-0.05, 0) is 19.8 Å². The first-order valence-corrected chi connectivity index (χ1v) is 22.4. The minimum absolute atomic E-state index is 0.227. The lowest BCUT2D eigenvalue weighted by molar-refractivity contribution is -0.305. The number of aliphatic hydroxyl groups is 2. The molecule has 0 aromatic heterocycles. The monoisotopic (exact) mass is 741 g/mol. The predicted octanol–water partition coefficient (Wildman–Crippen LogP) is 11.4. The van der Waals surface area contributed by atoms with Crippen molar-refractivity contribution in [3.05, 3.63) is 0 Å². The molecular formula is C44H84O8. The average molecular weight is 741 g/mol. The molecule has 0 aromatic carbocycles. The van der Waals surface area contributed by atoms with E-state index in [1.165, 1.54) is 154 Å². The van der Waals surface area contributed by atoms with E-state index in [9.17, 15) is 19.8 Å². The van der Waals surface area contributed by atoms with Crippen LogP contribution in [0.15, 0.2) is 0 Å². The highest BCUT2D eigenvalue weighted by atomic mass is 16.7. The van der Waals surface area contributed by atoms with Gasteiger partial charge in [0.15, 0.2) is 18.5 Å². The Hall–Kier alpha value is -1.22. The summed E-state index contributed by atoms with van der Waals surface area (Å²) in [5.74, 6) is -0.873. The molecule has 0 spiro atoms. The van der Waals surface area contributed by atoms with Gasteiger partial charge in [-0.1, -0.05) is 194 Å². The number of unbranched alkanes of at least 4 members (excludes halogenated alkanes) is 28. The molecule has 1 saturated heterocycles. The first-order chi connectivity index (χ1) is 25.5. The fourth-order valence-electron chi connectivity index (χ4n) is 7.30. The predicted molar refractivity (Wildman–Crippen MR) is 212 cm³/mol. The Morgan fingerprint density at radius 2 is 0.788 bits per heavy atom. The Kier molecular flexibility index (Phi) is 33.3. The van der Waals surface area contributed by atoms with Gasteiger partial charge in [0.05, 0.1) is 6.61 Å². The minimum Gasteiger partial charge on any atom is -0.455 e. The van der Waals surface area contributed by atoms with Gasteiger partial charge >= 0.3 is 11.9 Å². The molecule has 0 amide bonds. The quantitative estimate of drug-likeness (QED) is 0.0478. The molecule has 0 radical (unpaired) electrons. The molecule has 0 aliphatic carbocycles. The lowest BCUT2D eigenvalue weighted by Crippen LogP contribution is -2.61.